The summed E-state index contributed by atoms with van der Waals surface area (Å²) in [6.07, 6.45) is 0. The molecule has 6 heteroatoms. The average molecular weight is 341 g/mol. The Morgan fingerprint density at radius 1 is 1.16 bits per heavy atom. The molecular weight excluding hydrogens is 321 g/mol. The number of carbonyl (C=O) groups excluding carboxylic acids is 2. The van der Waals surface area contributed by atoms with Crippen LogP contribution in [-0.4, -0.2) is 36.5 Å². The van der Waals surface area contributed by atoms with Gasteiger partial charge in [-0.1, -0.05) is 24.3 Å². The molecule has 130 valence electrons. The van der Waals surface area contributed by atoms with Crippen molar-refractivity contribution in [2.45, 2.75) is 13.8 Å². The van der Waals surface area contributed by atoms with Crippen LogP contribution >= 0.6 is 0 Å². The number of amides is 3. The standard InChI is InChI=1S/C19H20FN3O2/c1-13-7-8-14(2)16(11-13)21-18(24)12-22-9-10-23(19(22)25)17-6-4-3-5-15(17)20/h3-8,11H,9-10,12H2,1-2H3,(H,21,24). The second-order valence-electron chi connectivity index (χ2n) is 6.17. The Hall–Kier alpha value is -2.89. The van der Waals surface area contributed by atoms with Crippen molar-refractivity contribution in [1.29, 1.82) is 0 Å². The first-order valence-electron chi connectivity index (χ1n) is 8.14. The van der Waals surface area contributed by atoms with Crippen LogP contribution in [-0.2, 0) is 4.79 Å². The Morgan fingerprint density at radius 3 is 2.68 bits per heavy atom. The molecule has 25 heavy (non-hydrogen) atoms. The number of aryl methyl sites for hydroxylation is 2. The average Bonchev–Trinajstić information content (AvgIpc) is 2.92. The molecule has 0 unspecified atom stereocenters. The lowest BCUT2D eigenvalue weighted by Gasteiger charge is -2.19. The van der Waals surface area contributed by atoms with Crippen LogP contribution in [0.1, 0.15) is 11.1 Å². The van der Waals surface area contributed by atoms with E-state index in [-0.39, 0.29) is 24.2 Å². The number of hydrogen-bond donors (Lipinski definition) is 1. The number of anilines is 2. The Labute approximate surface area is 146 Å². The first-order chi connectivity index (χ1) is 12.0. The van der Waals surface area contributed by atoms with Crippen LogP contribution in [0.5, 0.6) is 0 Å². The minimum Gasteiger partial charge on any atom is -0.324 e. The molecule has 3 amide bonds. The van der Waals surface area contributed by atoms with E-state index in [1.54, 1.807) is 18.2 Å². The molecule has 0 spiro atoms. The summed E-state index contributed by atoms with van der Waals surface area (Å²) in [5.74, 6) is -0.713. The molecule has 1 heterocycles. The summed E-state index contributed by atoms with van der Waals surface area (Å²) in [6, 6.07) is 11.6. The van der Waals surface area contributed by atoms with E-state index in [1.807, 2.05) is 32.0 Å². The maximum Gasteiger partial charge on any atom is 0.325 e. The van der Waals surface area contributed by atoms with Crippen molar-refractivity contribution in [2.75, 3.05) is 29.9 Å². The van der Waals surface area contributed by atoms with Crippen molar-refractivity contribution >= 4 is 23.3 Å². The van der Waals surface area contributed by atoms with Gasteiger partial charge in [-0.15, -0.1) is 0 Å². The highest BCUT2D eigenvalue weighted by molar-refractivity contribution is 5.99. The Kier molecular flexibility index (Phi) is 4.70. The molecule has 2 aromatic carbocycles. The number of carbonyl (C=O) groups is 2. The van der Waals surface area contributed by atoms with Crippen molar-refractivity contribution in [3.63, 3.8) is 0 Å². The fraction of sp³-hybridized carbons (Fsp3) is 0.263. The van der Waals surface area contributed by atoms with Gasteiger partial charge in [0.05, 0.1) is 5.69 Å². The van der Waals surface area contributed by atoms with E-state index in [9.17, 15) is 14.0 Å². The van der Waals surface area contributed by atoms with Gasteiger partial charge in [0.15, 0.2) is 0 Å². The van der Waals surface area contributed by atoms with Crippen LogP contribution in [0.15, 0.2) is 42.5 Å². The molecule has 0 atom stereocenters. The van der Waals surface area contributed by atoms with Crippen LogP contribution in [0.4, 0.5) is 20.6 Å². The van der Waals surface area contributed by atoms with E-state index in [2.05, 4.69) is 5.32 Å². The van der Waals surface area contributed by atoms with E-state index >= 15 is 0 Å². The number of benzene rings is 2. The van der Waals surface area contributed by atoms with Gasteiger partial charge in [0.1, 0.15) is 12.4 Å². The van der Waals surface area contributed by atoms with Crippen molar-refractivity contribution in [3.05, 3.63) is 59.4 Å². The third kappa shape index (κ3) is 3.63. The molecule has 1 saturated heterocycles. The number of para-hydroxylation sites is 1. The zero-order chi connectivity index (χ0) is 18.0. The van der Waals surface area contributed by atoms with E-state index in [1.165, 1.54) is 15.9 Å². The van der Waals surface area contributed by atoms with E-state index < -0.39 is 5.82 Å². The zero-order valence-electron chi connectivity index (χ0n) is 14.3. The third-order valence-corrected chi connectivity index (χ3v) is 4.24. The highest BCUT2D eigenvalue weighted by Crippen LogP contribution is 2.23. The van der Waals surface area contributed by atoms with Crippen LogP contribution in [0, 0.1) is 19.7 Å². The molecule has 0 aliphatic carbocycles. The van der Waals surface area contributed by atoms with E-state index in [0.717, 1.165) is 16.8 Å². The molecule has 0 bridgehead atoms. The quantitative estimate of drug-likeness (QED) is 0.927. The van der Waals surface area contributed by atoms with E-state index in [0.29, 0.717) is 13.1 Å². The predicted molar refractivity (Wildman–Crippen MR) is 95.3 cm³/mol. The van der Waals surface area contributed by atoms with E-state index in [4.69, 9.17) is 0 Å². The van der Waals surface area contributed by atoms with Gasteiger partial charge >= 0.3 is 6.03 Å². The number of nitrogens with zero attached hydrogens (tertiary/aromatic N) is 2. The maximum absolute atomic E-state index is 13.9. The highest BCUT2D eigenvalue weighted by Gasteiger charge is 2.32. The number of rotatable bonds is 4. The minimum absolute atomic E-state index is 0.0584. The SMILES string of the molecule is Cc1ccc(C)c(NC(=O)CN2CCN(c3ccccc3F)C2=O)c1. The summed E-state index contributed by atoms with van der Waals surface area (Å²) < 4.78 is 13.9. The molecule has 1 N–H and O–H groups in total. The molecule has 0 radical (unpaired) electrons. The smallest absolute Gasteiger partial charge is 0.324 e. The van der Waals surface area contributed by atoms with Gasteiger partial charge in [0.25, 0.3) is 0 Å². The highest BCUT2D eigenvalue weighted by atomic mass is 19.1. The van der Waals surface area contributed by atoms with Gasteiger partial charge in [-0.2, -0.15) is 0 Å². The summed E-state index contributed by atoms with van der Waals surface area (Å²) in [5, 5.41) is 2.84. The van der Waals surface area contributed by atoms with Gasteiger partial charge in [0, 0.05) is 18.8 Å². The number of nitrogens with one attached hydrogen (secondary N) is 1. The van der Waals surface area contributed by atoms with Crippen molar-refractivity contribution in [3.8, 4) is 0 Å². The van der Waals surface area contributed by atoms with Gasteiger partial charge in [-0.3, -0.25) is 9.69 Å². The van der Waals surface area contributed by atoms with Gasteiger partial charge in [-0.25, -0.2) is 9.18 Å². The lowest BCUT2D eigenvalue weighted by Crippen LogP contribution is -2.37. The van der Waals surface area contributed by atoms with Crippen LogP contribution < -0.4 is 10.2 Å². The summed E-state index contributed by atoms with van der Waals surface area (Å²) in [5.41, 5.74) is 2.98. The lowest BCUT2D eigenvalue weighted by atomic mass is 10.1. The number of halogens is 1. The summed E-state index contributed by atoms with van der Waals surface area (Å²) in [7, 11) is 0. The fourth-order valence-corrected chi connectivity index (χ4v) is 2.86. The minimum atomic E-state index is -0.447. The third-order valence-electron chi connectivity index (χ3n) is 4.24. The first kappa shape index (κ1) is 17.0. The second kappa shape index (κ2) is 6.93. The predicted octanol–water partition coefficient (Wildman–Crippen LogP) is 3.32. The summed E-state index contributed by atoms with van der Waals surface area (Å²) >= 11 is 0. The first-order valence-corrected chi connectivity index (χ1v) is 8.14. The molecule has 0 aromatic heterocycles. The van der Waals surface area contributed by atoms with Crippen LogP contribution in [0.3, 0.4) is 0 Å². The van der Waals surface area contributed by atoms with Crippen LogP contribution in [0.2, 0.25) is 0 Å². The number of hydrogen-bond acceptors (Lipinski definition) is 2. The van der Waals surface area contributed by atoms with Crippen molar-refractivity contribution in [1.82, 2.24) is 4.90 Å². The Morgan fingerprint density at radius 2 is 1.92 bits per heavy atom. The molecular formula is C19H20FN3O2. The van der Waals surface area contributed by atoms with Gasteiger partial charge in [-0.05, 0) is 43.2 Å². The second-order valence-corrected chi connectivity index (χ2v) is 6.17. The fourth-order valence-electron chi connectivity index (χ4n) is 2.86. The lowest BCUT2D eigenvalue weighted by molar-refractivity contribution is -0.116. The van der Waals surface area contributed by atoms with Crippen molar-refractivity contribution < 1.29 is 14.0 Å². The normalized spacial score (nSPS) is 14.1. The van der Waals surface area contributed by atoms with Crippen molar-refractivity contribution in [2.24, 2.45) is 0 Å². The molecule has 1 aliphatic rings. The summed E-state index contributed by atoms with van der Waals surface area (Å²) in [4.78, 5) is 27.5. The Balaban J connectivity index is 1.66. The molecule has 0 saturated carbocycles. The monoisotopic (exact) mass is 341 g/mol. The molecule has 2 aromatic rings. The Bertz CT molecular complexity index is 822. The molecule has 5 nitrogen and oxygen atoms in total. The van der Waals surface area contributed by atoms with Crippen LogP contribution in [0.25, 0.3) is 0 Å². The van der Waals surface area contributed by atoms with Gasteiger partial charge in [0.2, 0.25) is 5.91 Å². The zero-order valence-corrected chi connectivity index (χ0v) is 14.3. The maximum atomic E-state index is 13.9. The summed E-state index contributed by atoms with van der Waals surface area (Å²) in [6.45, 7) is 4.54. The van der Waals surface area contributed by atoms with Gasteiger partial charge < -0.3 is 10.2 Å². The molecule has 1 aliphatic heterocycles. The molecule has 3 rings (SSSR count). The topological polar surface area (TPSA) is 52.7 Å². The largest absolute Gasteiger partial charge is 0.325 e. The molecule has 1 fully saturated rings. The number of urea groups is 1.